The number of anilines is 1. The van der Waals surface area contributed by atoms with Gasteiger partial charge < -0.3 is 5.73 Å². The zero-order chi connectivity index (χ0) is 13.2. The van der Waals surface area contributed by atoms with Crippen LogP contribution >= 0.6 is 0 Å². The van der Waals surface area contributed by atoms with Gasteiger partial charge in [0.2, 0.25) is 10.0 Å². The number of nitrogen functional groups attached to an aromatic ring is 1. The molecular formula is C11H17FN2O2S. The van der Waals surface area contributed by atoms with Gasteiger partial charge in [0.1, 0.15) is 10.7 Å². The zero-order valence-corrected chi connectivity index (χ0v) is 11.0. The average Bonchev–Trinajstić information content (AvgIpc) is 2.30. The van der Waals surface area contributed by atoms with Crippen LogP contribution < -0.4 is 5.73 Å². The molecule has 0 aliphatic rings. The highest BCUT2D eigenvalue weighted by Gasteiger charge is 2.27. The van der Waals surface area contributed by atoms with Gasteiger partial charge >= 0.3 is 0 Å². The fourth-order valence-corrected chi connectivity index (χ4v) is 2.90. The first-order valence-electron chi connectivity index (χ1n) is 5.33. The quantitative estimate of drug-likeness (QED) is 0.840. The second-order valence-corrected chi connectivity index (χ2v) is 5.93. The average molecular weight is 260 g/mol. The fourth-order valence-electron chi connectivity index (χ4n) is 1.37. The lowest BCUT2D eigenvalue weighted by atomic mass is 10.3. The summed E-state index contributed by atoms with van der Waals surface area (Å²) < 4.78 is 39.0. The van der Waals surface area contributed by atoms with Crippen LogP contribution in [0.4, 0.5) is 10.1 Å². The van der Waals surface area contributed by atoms with Crippen molar-refractivity contribution < 1.29 is 12.8 Å². The minimum atomic E-state index is -3.83. The van der Waals surface area contributed by atoms with Crippen LogP contribution in [0, 0.1) is 5.82 Å². The standard InChI is InChI=1S/C11H17FN2O2S/c1-4-8(2)14(3)17(15,16)11-7-9(13)5-6-10(11)12/h5-8H,4,13H2,1-3H3. The predicted octanol–water partition coefficient (Wildman–Crippen LogP) is 1.83. The van der Waals surface area contributed by atoms with Gasteiger partial charge in [0, 0.05) is 18.8 Å². The monoisotopic (exact) mass is 260 g/mol. The molecule has 0 saturated carbocycles. The predicted molar refractivity (Wildman–Crippen MR) is 65.5 cm³/mol. The van der Waals surface area contributed by atoms with Gasteiger partial charge in [-0.2, -0.15) is 4.31 Å². The summed E-state index contributed by atoms with van der Waals surface area (Å²) in [7, 11) is -2.39. The van der Waals surface area contributed by atoms with Crippen LogP contribution in [0.25, 0.3) is 0 Å². The van der Waals surface area contributed by atoms with E-state index in [0.29, 0.717) is 6.42 Å². The zero-order valence-electron chi connectivity index (χ0n) is 10.1. The molecule has 0 fully saturated rings. The van der Waals surface area contributed by atoms with Gasteiger partial charge in [0.05, 0.1) is 0 Å². The lowest BCUT2D eigenvalue weighted by Gasteiger charge is -2.23. The molecule has 0 bridgehead atoms. The van der Waals surface area contributed by atoms with Crippen molar-refractivity contribution in [3.05, 3.63) is 24.0 Å². The van der Waals surface area contributed by atoms with E-state index in [4.69, 9.17) is 5.73 Å². The second-order valence-electron chi connectivity index (χ2n) is 3.97. The molecule has 1 aromatic carbocycles. The smallest absolute Gasteiger partial charge is 0.246 e. The molecule has 6 heteroatoms. The Morgan fingerprint density at radius 2 is 2.06 bits per heavy atom. The number of halogens is 1. The van der Waals surface area contributed by atoms with Gasteiger partial charge in [-0.05, 0) is 31.5 Å². The largest absolute Gasteiger partial charge is 0.399 e. The summed E-state index contributed by atoms with van der Waals surface area (Å²) in [4.78, 5) is -0.375. The maximum Gasteiger partial charge on any atom is 0.246 e. The number of nitrogens with zero attached hydrogens (tertiary/aromatic N) is 1. The van der Waals surface area contributed by atoms with Gasteiger partial charge in [-0.25, -0.2) is 12.8 Å². The minimum absolute atomic E-state index is 0.194. The van der Waals surface area contributed by atoms with Crippen LogP contribution in [0.5, 0.6) is 0 Å². The SMILES string of the molecule is CCC(C)N(C)S(=O)(=O)c1cc(N)ccc1F. The molecule has 0 aliphatic heterocycles. The lowest BCUT2D eigenvalue weighted by Crippen LogP contribution is -2.35. The van der Waals surface area contributed by atoms with Crippen molar-refractivity contribution in [1.82, 2.24) is 4.31 Å². The highest BCUT2D eigenvalue weighted by molar-refractivity contribution is 7.89. The molecule has 1 unspecified atom stereocenters. The molecule has 0 aromatic heterocycles. The number of benzene rings is 1. The molecule has 0 amide bonds. The van der Waals surface area contributed by atoms with Crippen LogP contribution in [0.3, 0.4) is 0 Å². The van der Waals surface area contributed by atoms with Crippen molar-refractivity contribution in [2.45, 2.75) is 31.2 Å². The first-order chi connectivity index (χ1) is 7.80. The Morgan fingerprint density at radius 1 is 1.47 bits per heavy atom. The third-order valence-electron chi connectivity index (χ3n) is 2.82. The number of sulfonamides is 1. The van der Waals surface area contributed by atoms with Crippen molar-refractivity contribution in [2.75, 3.05) is 12.8 Å². The highest BCUT2D eigenvalue weighted by atomic mass is 32.2. The summed E-state index contributed by atoms with van der Waals surface area (Å²) >= 11 is 0. The minimum Gasteiger partial charge on any atom is -0.399 e. The maximum absolute atomic E-state index is 13.5. The molecule has 0 heterocycles. The Morgan fingerprint density at radius 3 is 2.59 bits per heavy atom. The van der Waals surface area contributed by atoms with Crippen LogP contribution in [-0.4, -0.2) is 25.8 Å². The number of rotatable bonds is 4. The van der Waals surface area contributed by atoms with Gasteiger partial charge in [0.15, 0.2) is 0 Å². The molecule has 1 aromatic rings. The molecule has 0 aliphatic carbocycles. The van der Waals surface area contributed by atoms with E-state index in [1.807, 2.05) is 6.92 Å². The van der Waals surface area contributed by atoms with Gasteiger partial charge in [-0.3, -0.25) is 0 Å². The summed E-state index contributed by atoms with van der Waals surface area (Å²) in [5, 5.41) is 0. The molecule has 4 nitrogen and oxygen atoms in total. The Hall–Kier alpha value is -1.14. The molecule has 96 valence electrons. The topological polar surface area (TPSA) is 63.4 Å². The Labute approximate surface area is 101 Å². The number of hydrogen-bond acceptors (Lipinski definition) is 3. The van der Waals surface area contributed by atoms with E-state index in [2.05, 4.69) is 0 Å². The fraction of sp³-hybridized carbons (Fsp3) is 0.455. The molecular weight excluding hydrogens is 243 g/mol. The maximum atomic E-state index is 13.5. The van der Waals surface area contributed by atoms with E-state index < -0.39 is 15.8 Å². The summed E-state index contributed by atoms with van der Waals surface area (Å²) in [5.74, 6) is -0.783. The second kappa shape index (κ2) is 5.01. The molecule has 1 rings (SSSR count). The first kappa shape index (κ1) is 13.9. The molecule has 0 radical (unpaired) electrons. The van der Waals surface area contributed by atoms with E-state index in [-0.39, 0.29) is 16.6 Å². The van der Waals surface area contributed by atoms with Crippen molar-refractivity contribution in [1.29, 1.82) is 0 Å². The van der Waals surface area contributed by atoms with E-state index in [9.17, 15) is 12.8 Å². The van der Waals surface area contributed by atoms with Crippen LogP contribution in [0.2, 0.25) is 0 Å². The highest BCUT2D eigenvalue weighted by Crippen LogP contribution is 2.22. The third-order valence-corrected chi connectivity index (χ3v) is 4.81. The Bertz CT molecular complexity index is 502. The molecule has 0 saturated heterocycles. The van der Waals surface area contributed by atoms with E-state index in [1.165, 1.54) is 13.1 Å². The number of nitrogens with two attached hydrogens (primary N) is 1. The van der Waals surface area contributed by atoms with Gasteiger partial charge in [-0.1, -0.05) is 6.92 Å². The van der Waals surface area contributed by atoms with E-state index in [0.717, 1.165) is 16.4 Å². The van der Waals surface area contributed by atoms with Gasteiger partial charge in [-0.15, -0.1) is 0 Å². The molecule has 1 atom stereocenters. The lowest BCUT2D eigenvalue weighted by molar-refractivity contribution is 0.378. The van der Waals surface area contributed by atoms with E-state index in [1.54, 1.807) is 6.92 Å². The van der Waals surface area contributed by atoms with Crippen molar-refractivity contribution in [3.63, 3.8) is 0 Å². The van der Waals surface area contributed by atoms with E-state index >= 15 is 0 Å². The Balaban J connectivity index is 3.26. The molecule has 2 N–H and O–H groups in total. The normalized spacial score (nSPS) is 13.9. The van der Waals surface area contributed by atoms with Crippen LogP contribution in [0.15, 0.2) is 23.1 Å². The van der Waals surface area contributed by atoms with Crippen molar-refractivity contribution >= 4 is 15.7 Å². The third kappa shape index (κ3) is 2.76. The summed E-state index contributed by atoms with van der Waals surface area (Å²) in [5.41, 5.74) is 5.71. The first-order valence-corrected chi connectivity index (χ1v) is 6.77. The summed E-state index contributed by atoms with van der Waals surface area (Å²) in [6.45, 7) is 3.63. The van der Waals surface area contributed by atoms with Crippen LogP contribution in [0.1, 0.15) is 20.3 Å². The van der Waals surface area contributed by atoms with Crippen LogP contribution in [-0.2, 0) is 10.0 Å². The van der Waals surface area contributed by atoms with Gasteiger partial charge in [0.25, 0.3) is 0 Å². The number of hydrogen-bond donors (Lipinski definition) is 1. The summed E-state index contributed by atoms with van der Waals surface area (Å²) in [6.07, 6.45) is 0.652. The van der Waals surface area contributed by atoms with Crippen molar-refractivity contribution in [3.8, 4) is 0 Å². The molecule has 0 spiro atoms. The summed E-state index contributed by atoms with van der Waals surface area (Å²) in [6, 6.07) is 3.34. The van der Waals surface area contributed by atoms with Crippen molar-refractivity contribution in [2.24, 2.45) is 0 Å². The Kier molecular flexibility index (Phi) is 4.11. The molecule has 17 heavy (non-hydrogen) atoms.